The highest BCUT2D eigenvalue weighted by atomic mass is 35.5. The standard InChI is InChI=1S/C23H17ClF3N5O2/c24-22(8-3-1-5-17(22)20(34)31-18-6-2-4-10-30-18)9-7-14-11-15(19(33)32-21(28)29)13-16(12-14)23(25,26)27/h1-6,8,10-13,17H,(H,30,31,34)(H4,28,29,32,33). The lowest BCUT2D eigenvalue weighted by Crippen LogP contribution is -2.38. The second-order valence-electron chi connectivity index (χ2n) is 7.11. The topological polar surface area (TPSA) is 121 Å². The van der Waals surface area contributed by atoms with E-state index in [0.717, 1.165) is 12.1 Å². The number of rotatable bonds is 3. The lowest BCUT2D eigenvalue weighted by atomic mass is 9.86. The Balaban J connectivity index is 1.96. The van der Waals surface area contributed by atoms with Gasteiger partial charge in [-0.3, -0.25) is 20.3 Å². The molecular weight excluding hydrogens is 471 g/mol. The number of hydrogen-bond donors (Lipinski definition) is 4. The number of nitrogens with one attached hydrogen (secondary N) is 3. The summed E-state index contributed by atoms with van der Waals surface area (Å²) in [6.07, 6.45) is 2.84. The smallest absolute Gasteiger partial charge is 0.370 e. The summed E-state index contributed by atoms with van der Waals surface area (Å²) in [7, 11) is 0. The van der Waals surface area contributed by atoms with Crippen LogP contribution in [0.3, 0.4) is 0 Å². The number of pyridine rings is 1. The molecule has 2 amide bonds. The molecule has 3 rings (SSSR count). The maximum atomic E-state index is 13.4. The Labute approximate surface area is 197 Å². The third-order valence-electron chi connectivity index (χ3n) is 4.57. The Morgan fingerprint density at radius 1 is 1.21 bits per heavy atom. The summed E-state index contributed by atoms with van der Waals surface area (Å²) >= 11 is 6.61. The predicted octanol–water partition coefficient (Wildman–Crippen LogP) is 3.43. The van der Waals surface area contributed by atoms with Gasteiger partial charge in [-0.05, 0) is 30.3 Å². The van der Waals surface area contributed by atoms with Crippen molar-refractivity contribution in [3.05, 3.63) is 83.6 Å². The van der Waals surface area contributed by atoms with E-state index in [1.165, 1.54) is 18.3 Å². The molecule has 11 heteroatoms. The van der Waals surface area contributed by atoms with Crippen LogP contribution >= 0.6 is 11.6 Å². The number of allylic oxidation sites excluding steroid dienone is 3. The highest BCUT2D eigenvalue weighted by molar-refractivity contribution is 6.30. The monoisotopic (exact) mass is 487 g/mol. The van der Waals surface area contributed by atoms with Gasteiger partial charge in [0.25, 0.3) is 5.91 Å². The van der Waals surface area contributed by atoms with E-state index in [1.54, 1.807) is 30.4 Å². The van der Waals surface area contributed by atoms with E-state index in [1.807, 2.05) is 5.32 Å². The zero-order valence-electron chi connectivity index (χ0n) is 17.3. The second kappa shape index (κ2) is 9.80. The minimum absolute atomic E-state index is 0.171. The molecule has 0 aliphatic heterocycles. The van der Waals surface area contributed by atoms with Crippen molar-refractivity contribution in [2.24, 2.45) is 11.7 Å². The molecule has 0 spiro atoms. The third kappa shape index (κ3) is 6.02. The Hall–Kier alpha value is -4.10. The molecule has 1 aromatic heterocycles. The van der Waals surface area contributed by atoms with Crippen LogP contribution in [0.4, 0.5) is 19.0 Å². The number of guanidine groups is 1. The SMILES string of the molecule is N=C(N)NC(=O)c1cc(C#CC2(Cl)C=CC=CC2C(=O)Nc2ccccn2)cc(C(F)(F)F)c1. The Bertz CT molecular complexity index is 1250. The lowest BCUT2D eigenvalue weighted by Gasteiger charge is -2.27. The molecule has 0 saturated heterocycles. The minimum Gasteiger partial charge on any atom is -0.370 e. The number of carbonyl (C=O) groups is 2. The number of amides is 2. The van der Waals surface area contributed by atoms with Crippen molar-refractivity contribution in [2.75, 3.05) is 5.32 Å². The molecule has 2 unspecified atom stereocenters. The first-order valence-electron chi connectivity index (χ1n) is 9.65. The fraction of sp³-hybridized carbons (Fsp3) is 0.130. The Morgan fingerprint density at radius 2 is 1.97 bits per heavy atom. The number of aromatic nitrogens is 1. The Kier molecular flexibility index (Phi) is 7.08. The molecule has 1 aromatic carbocycles. The summed E-state index contributed by atoms with van der Waals surface area (Å²) in [6.45, 7) is 0. The summed E-state index contributed by atoms with van der Waals surface area (Å²) in [5.41, 5.74) is 3.40. The number of alkyl halides is 4. The van der Waals surface area contributed by atoms with Crippen LogP contribution in [0, 0.1) is 23.2 Å². The first kappa shape index (κ1) is 24.5. The van der Waals surface area contributed by atoms with Gasteiger partial charge in [0.15, 0.2) is 5.96 Å². The van der Waals surface area contributed by atoms with Crippen LogP contribution in [0.15, 0.2) is 66.9 Å². The van der Waals surface area contributed by atoms with Crippen LogP contribution in [-0.4, -0.2) is 27.6 Å². The van der Waals surface area contributed by atoms with Crippen LogP contribution in [0.5, 0.6) is 0 Å². The van der Waals surface area contributed by atoms with Gasteiger partial charge in [-0.1, -0.05) is 53.8 Å². The van der Waals surface area contributed by atoms with E-state index < -0.39 is 45.9 Å². The van der Waals surface area contributed by atoms with Crippen molar-refractivity contribution in [2.45, 2.75) is 11.1 Å². The fourth-order valence-corrected chi connectivity index (χ4v) is 3.30. The van der Waals surface area contributed by atoms with Crippen molar-refractivity contribution in [1.29, 1.82) is 5.41 Å². The van der Waals surface area contributed by atoms with E-state index in [2.05, 4.69) is 22.1 Å². The van der Waals surface area contributed by atoms with E-state index in [0.29, 0.717) is 11.9 Å². The summed E-state index contributed by atoms with van der Waals surface area (Å²) in [5, 5.41) is 11.6. The van der Waals surface area contributed by atoms with Crippen molar-refractivity contribution in [3.8, 4) is 11.8 Å². The van der Waals surface area contributed by atoms with Gasteiger partial charge in [0.05, 0.1) is 11.5 Å². The van der Waals surface area contributed by atoms with Gasteiger partial charge in [0, 0.05) is 17.3 Å². The average Bonchev–Trinajstić information content (AvgIpc) is 2.77. The van der Waals surface area contributed by atoms with Crippen LogP contribution < -0.4 is 16.4 Å². The molecule has 2 atom stereocenters. The number of anilines is 1. The second-order valence-corrected chi connectivity index (χ2v) is 7.73. The largest absolute Gasteiger partial charge is 0.416 e. The van der Waals surface area contributed by atoms with Crippen LogP contribution in [0.2, 0.25) is 0 Å². The molecule has 2 aromatic rings. The van der Waals surface area contributed by atoms with Crippen LogP contribution in [0.25, 0.3) is 0 Å². The molecule has 0 saturated carbocycles. The number of hydrogen-bond acceptors (Lipinski definition) is 4. The number of nitrogens with two attached hydrogens (primary N) is 1. The highest BCUT2D eigenvalue weighted by Crippen LogP contribution is 2.33. The van der Waals surface area contributed by atoms with Gasteiger partial charge in [-0.25, -0.2) is 4.98 Å². The Morgan fingerprint density at radius 3 is 2.62 bits per heavy atom. The maximum absolute atomic E-state index is 13.4. The summed E-state index contributed by atoms with van der Waals surface area (Å²) in [4.78, 5) is 27.4. The normalized spacial score (nSPS) is 19.0. The average molecular weight is 488 g/mol. The number of benzene rings is 1. The quantitative estimate of drug-likeness (QED) is 0.229. The molecule has 174 valence electrons. The first-order chi connectivity index (χ1) is 16.0. The van der Waals surface area contributed by atoms with E-state index >= 15 is 0 Å². The highest BCUT2D eigenvalue weighted by Gasteiger charge is 2.38. The molecule has 1 heterocycles. The van der Waals surface area contributed by atoms with Gasteiger partial charge in [0.2, 0.25) is 5.91 Å². The van der Waals surface area contributed by atoms with Gasteiger partial charge in [-0.2, -0.15) is 13.2 Å². The van der Waals surface area contributed by atoms with Crippen LogP contribution in [-0.2, 0) is 11.0 Å². The number of nitrogens with zero attached hydrogens (tertiary/aromatic N) is 1. The molecular formula is C23H17ClF3N5O2. The zero-order valence-corrected chi connectivity index (χ0v) is 18.0. The first-order valence-corrected chi connectivity index (χ1v) is 10.0. The van der Waals surface area contributed by atoms with Gasteiger partial charge >= 0.3 is 6.18 Å². The molecule has 7 nitrogen and oxygen atoms in total. The van der Waals surface area contributed by atoms with E-state index in [4.69, 9.17) is 22.7 Å². The van der Waals surface area contributed by atoms with Gasteiger partial charge in [-0.15, -0.1) is 0 Å². The van der Waals surface area contributed by atoms with Crippen molar-refractivity contribution >= 4 is 35.2 Å². The summed E-state index contributed by atoms with van der Waals surface area (Å²) in [6, 6.07) is 7.41. The van der Waals surface area contributed by atoms with Crippen molar-refractivity contribution in [3.63, 3.8) is 0 Å². The lowest BCUT2D eigenvalue weighted by molar-refractivity contribution is -0.137. The third-order valence-corrected chi connectivity index (χ3v) is 5.03. The molecule has 34 heavy (non-hydrogen) atoms. The predicted molar refractivity (Wildman–Crippen MR) is 121 cm³/mol. The molecule has 0 fully saturated rings. The van der Waals surface area contributed by atoms with Crippen molar-refractivity contribution in [1.82, 2.24) is 10.3 Å². The molecule has 0 bridgehead atoms. The van der Waals surface area contributed by atoms with Crippen LogP contribution in [0.1, 0.15) is 21.5 Å². The van der Waals surface area contributed by atoms with E-state index in [9.17, 15) is 22.8 Å². The molecule has 5 N–H and O–H groups in total. The zero-order chi connectivity index (χ0) is 24.9. The minimum atomic E-state index is -4.76. The van der Waals surface area contributed by atoms with Gasteiger partial charge < -0.3 is 11.1 Å². The van der Waals surface area contributed by atoms with Crippen molar-refractivity contribution < 1.29 is 22.8 Å². The molecule has 1 aliphatic carbocycles. The van der Waals surface area contributed by atoms with E-state index in [-0.39, 0.29) is 5.56 Å². The van der Waals surface area contributed by atoms with Gasteiger partial charge in [0.1, 0.15) is 10.7 Å². The summed E-state index contributed by atoms with van der Waals surface area (Å²) < 4.78 is 40.1. The summed E-state index contributed by atoms with van der Waals surface area (Å²) in [5.74, 6) is 2.24. The maximum Gasteiger partial charge on any atom is 0.416 e. The number of carbonyl (C=O) groups excluding carboxylic acids is 2. The fourth-order valence-electron chi connectivity index (χ4n) is 3.01. The molecule has 0 radical (unpaired) electrons. The number of halogens is 4. The molecule has 1 aliphatic rings.